The van der Waals surface area contributed by atoms with Gasteiger partial charge in [0, 0.05) is 50.1 Å². The molecule has 1 N–H and O–H groups in total. The number of piperidine rings is 2. The van der Waals surface area contributed by atoms with Crippen LogP contribution in [0.3, 0.4) is 0 Å². The fraction of sp³-hybridized carbons (Fsp3) is 0.483. The second-order valence-electron chi connectivity index (χ2n) is 11.3. The van der Waals surface area contributed by atoms with Crippen LogP contribution in [0.25, 0.3) is 0 Å². The van der Waals surface area contributed by atoms with Crippen LogP contribution in [0, 0.1) is 6.92 Å². The van der Waals surface area contributed by atoms with Gasteiger partial charge in [-0.2, -0.15) is 13.2 Å². The normalized spacial score (nSPS) is 20.7. The van der Waals surface area contributed by atoms with Gasteiger partial charge in [0.05, 0.1) is 11.3 Å². The van der Waals surface area contributed by atoms with Crippen molar-refractivity contribution >= 4 is 27.7 Å². The minimum absolute atomic E-state index is 0.0242. The lowest BCUT2D eigenvalue weighted by molar-refractivity contribution is -0.137. The van der Waals surface area contributed by atoms with E-state index in [1.165, 1.54) is 21.3 Å². The number of likely N-dealkylation sites (tertiary alicyclic amines) is 1. The Balaban J connectivity index is 1.19. The fourth-order valence-corrected chi connectivity index (χ4v) is 7.14. The van der Waals surface area contributed by atoms with Crippen molar-refractivity contribution in [3.8, 4) is 0 Å². The van der Waals surface area contributed by atoms with Crippen LogP contribution in [-0.2, 0) is 27.4 Å². The molecule has 0 aromatic heterocycles. The second-order valence-corrected chi connectivity index (χ2v) is 13.4. The molecule has 2 amide bonds. The molecule has 2 saturated heterocycles. The van der Waals surface area contributed by atoms with E-state index in [1.54, 1.807) is 25.1 Å². The van der Waals surface area contributed by atoms with Crippen molar-refractivity contribution in [2.24, 2.45) is 4.99 Å². The number of nitrogens with zero attached hydrogens (tertiary/aromatic N) is 3. The maximum absolute atomic E-state index is 13.4. The molecule has 0 aliphatic carbocycles. The average Bonchev–Trinajstić information content (AvgIpc) is 3.27. The summed E-state index contributed by atoms with van der Waals surface area (Å²) >= 11 is 0. The van der Waals surface area contributed by atoms with E-state index in [0.29, 0.717) is 11.1 Å². The van der Waals surface area contributed by atoms with Crippen molar-refractivity contribution in [3.05, 3.63) is 70.3 Å². The summed E-state index contributed by atoms with van der Waals surface area (Å²) in [6, 6.07) is 9.39. The van der Waals surface area contributed by atoms with Crippen molar-refractivity contribution in [1.29, 1.82) is 0 Å². The summed E-state index contributed by atoms with van der Waals surface area (Å²) in [5.41, 5.74) is -0.205. The van der Waals surface area contributed by atoms with E-state index in [1.807, 2.05) is 0 Å². The lowest BCUT2D eigenvalue weighted by Crippen LogP contribution is -2.50. The van der Waals surface area contributed by atoms with Gasteiger partial charge >= 0.3 is 6.18 Å². The Bertz CT molecular complexity index is 1560. The van der Waals surface area contributed by atoms with Gasteiger partial charge in [-0.05, 0) is 61.6 Å². The summed E-state index contributed by atoms with van der Waals surface area (Å²) in [7, 11) is -3.72. The molecule has 0 atom stereocenters. The number of rotatable bonds is 6. The standard InChI is InChI=1S/C29H31F5N4O4S/c1-19-17-22(25(39)37-12-10-28(30,31)11-13-37)6-5-20(19)7-16-43(41,42)38-14-8-27(9-15-38)26(40)35-24(36-27)21-3-2-4-23(18-21)29(32,33)34/h2-6,17-18H,7-16H2,1H3,(H,35,36,40). The van der Waals surface area contributed by atoms with Crippen LogP contribution in [0.15, 0.2) is 47.5 Å². The lowest BCUT2D eigenvalue weighted by atomic mass is 9.89. The molecule has 2 aromatic carbocycles. The summed E-state index contributed by atoms with van der Waals surface area (Å²) < 4.78 is 94.0. The van der Waals surface area contributed by atoms with E-state index in [2.05, 4.69) is 10.3 Å². The molecule has 0 bridgehead atoms. The Kier molecular flexibility index (Phi) is 8.14. The fourth-order valence-electron chi connectivity index (χ4n) is 5.67. The summed E-state index contributed by atoms with van der Waals surface area (Å²) in [4.78, 5) is 31.5. The molecule has 3 heterocycles. The van der Waals surface area contributed by atoms with Crippen molar-refractivity contribution in [2.75, 3.05) is 31.9 Å². The molecule has 0 unspecified atom stereocenters. The molecule has 14 heteroatoms. The maximum Gasteiger partial charge on any atom is 0.416 e. The first kappa shape index (κ1) is 31.0. The number of hydrogen-bond donors (Lipinski definition) is 1. The van der Waals surface area contributed by atoms with Gasteiger partial charge in [-0.3, -0.25) is 14.6 Å². The topological polar surface area (TPSA) is 99.2 Å². The monoisotopic (exact) mass is 626 g/mol. The van der Waals surface area contributed by atoms with E-state index in [-0.39, 0.29) is 81.3 Å². The molecule has 0 radical (unpaired) electrons. The first-order chi connectivity index (χ1) is 20.1. The van der Waals surface area contributed by atoms with E-state index in [0.717, 1.165) is 17.7 Å². The predicted octanol–water partition coefficient (Wildman–Crippen LogP) is 4.17. The highest BCUT2D eigenvalue weighted by atomic mass is 32.2. The highest BCUT2D eigenvalue weighted by Crippen LogP contribution is 2.34. The van der Waals surface area contributed by atoms with E-state index < -0.39 is 39.1 Å². The van der Waals surface area contributed by atoms with E-state index in [9.17, 15) is 40.0 Å². The second kappa shape index (κ2) is 11.3. The molecule has 232 valence electrons. The van der Waals surface area contributed by atoms with Crippen LogP contribution in [0.5, 0.6) is 0 Å². The molecule has 2 aromatic rings. The summed E-state index contributed by atoms with van der Waals surface area (Å²) in [6.45, 7) is 1.75. The largest absolute Gasteiger partial charge is 0.416 e. The number of aliphatic imine (C=N–C) groups is 1. The number of carbonyl (C=O) groups excluding carboxylic acids is 2. The molecule has 5 rings (SSSR count). The number of benzene rings is 2. The Morgan fingerprint density at radius 1 is 1.00 bits per heavy atom. The van der Waals surface area contributed by atoms with Crippen LogP contribution in [-0.4, -0.2) is 78.7 Å². The quantitative estimate of drug-likeness (QED) is 0.487. The first-order valence-electron chi connectivity index (χ1n) is 13.9. The summed E-state index contributed by atoms with van der Waals surface area (Å²) in [6.07, 6.45) is -4.96. The predicted molar refractivity (Wildman–Crippen MR) is 148 cm³/mol. The van der Waals surface area contributed by atoms with Crippen molar-refractivity contribution in [3.63, 3.8) is 0 Å². The third-order valence-electron chi connectivity index (χ3n) is 8.39. The highest BCUT2D eigenvalue weighted by molar-refractivity contribution is 7.89. The molecule has 3 aliphatic heterocycles. The average molecular weight is 627 g/mol. The smallest absolute Gasteiger partial charge is 0.338 e. The van der Waals surface area contributed by atoms with Gasteiger partial charge in [0.1, 0.15) is 11.4 Å². The number of amides is 2. The number of amidine groups is 1. The molecule has 2 fully saturated rings. The lowest BCUT2D eigenvalue weighted by Gasteiger charge is -2.34. The van der Waals surface area contributed by atoms with Crippen molar-refractivity contribution in [1.82, 2.24) is 14.5 Å². The van der Waals surface area contributed by atoms with Gasteiger partial charge in [-0.25, -0.2) is 21.5 Å². The molecular formula is C29H31F5N4O4S. The molecule has 43 heavy (non-hydrogen) atoms. The maximum atomic E-state index is 13.4. The third-order valence-corrected chi connectivity index (χ3v) is 10.3. The Hall–Kier alpha value is -3.39. The van der Waals surface area contributed by atoms with Crippen LogP contribution in [0.1, 0.15) is 58.3 Å². The zero-order valence-corrected chi connectivity index (χ0v) is 24.2. The van der Waals surface area contributed by atoms with Gasteiger partial charge in [0.25, 0.3) is 17.7 Å². The van der Waals surface area contributed by atoms with Gasteiger partial charge in [0.15, 0.2) is 0 Å². The van der Waals surface area contributed by atoms with Crippen molar-refractivity contribution in [2.45, 2.75) is 56.7 Å². The van der Waals surface area contributed by atoms with Gasteiger partial charge in [-0.15, -0.1) is 0 Å². The number of alkyl halides is 5. The Morgan fingerprint density at radius 2 is 1.67 bits per heavy atom. The zero-order valence-electron chi connectivity index (χ0n) is 23.4. The van der Waals surface area contributed by atoms with Crippen molar-refractivity contribution < 1.29 is 40.0 Å². The van der Waals surface area contributed by atoms with Gasteiger partial charge in [-0.1, -0.05) is 18.2 Å². The van der Waals surface area contributed by atoms with Crippen LogP contribution >= 0.6 is 0 Å². The van der Waals surface area contributed by atoms with Crippen LogP contribution in [0.4, 0.5) is 22.0 Å². The number of aryl methyl sites for hydroxylation is 2. The number of sulfonamides is 1. The third kappa shape index (κ3) is 6.59. The van der Waals surface area contributed by atoms with Crippen LogP contribution < -0.4 is 5.32 Å². The summed E-state index contributed by atoms with van der Waals surface area (Å²) in [5, 5.41) is 2.57. The van der Waals surface area contributed by atoms with Gasteiger partial charge in [0.2, 0.25) is 10.0 Å². The SMILES string of the molecule is Cc1cc(C(=O)N2CCC(F)(F)CC2)ccc1CCS(=O)(=O)N1CCC2(CC1)N=C(c1cccc(C(F)(F)F)c1)NC2=O. The van der Waals surface area contributed by atoms with Crippen LogP contribution in [0.2, 0.25) is 0 Å². The minimum Gasteiger partial charge on any atom is -0.338 e. The van der Waals surface area contributed by atoms with Gasteiger partial charge < -0.3 is 10.2 Å². The Morgan fingerprint density at radius 3 is 2.30 bits per heavy atom. The molecular weight excluding hydrogens is 595 g/mol. The zero-order chi connectivity index (χ0) is 31.2. The van der Waals surface area contributed by atoms with E-state index >= 15 is 0 Å². The Labute approximate surface area is 246 Å². The minimum atomic E-state index is -4.55. The molecule has 8 nitrogen and oxygen atoms in total. The number of carbonyl (C=O) groups is 2. The molecule has 3 aliphatic rings. The first-order valence-corrected chi connectivity index (χ1v) is 15.5. The number of nitrogens with one attached hydrogen (secondary N) is 1. The van der Waals surface area contributed by atoms with E-state index in [4.69, 9.17) is 0 Å². The molecule has 1 spiro atoms. The number of halogens is 5. The number of hydrogen-bond acceptors (Lipinski definition) is 5. The highest BCUT2D eigenvalue weighted by Gasteiger charge is 2.47. The summed E-state index contributed by atoms with van der Waals surface area (Å²) in [5.74, 6) is -3.75. The molecule has 0 saturated carbocycles.